The van der Waals surface area contributed by atoms with E-state index in [4.69, 9.17) is 9.73 Å². The Balaban J connectivity index is 0.00000242. The first-order valence-corrected chi connectivity index (χ1v) is 8.55. The number of morpholine rings is 1. The molecular weight excluding hydrogens is 391 g/mol. The third-order valence-electron chi connectivity index (χ3n) is 4.03. The van der Waals surface area contributed by atoms with Gasteiger partial charge in [0.05, 0.1) is 19.8 Å². The van der Waals surface area contributed by atoms with Gasteiger partial charge in [-0.2, -0.15) is 0 Å². The van der Waals surface area contributed by atoms with Crippen LogP contribution in [-0.2, 0) is 4.74 Å². The van der Waals surface area contributed by atoms with E-state index in [-0.39, 0.29) is 24.0 Å². The largest absolute Gasteiger partial charge is 0.379 e. The minimum absolute atomic E-state index is 0. The summed E-state index contributed by atoms with van der Waals surface area (Å²) in [5.41, 5.74) is 0. The summed E-state index contributed by atoms with van der Waals surface area (Å²) >= 11 is 0. The molecule has 2 N–H and O–H groups in total. The predicted molar refractivity (Wildman–Crippen MR) is 103 cm³/mol. The monoisotopic (exact) mass is 424 g/mol. The van der Waals surface area contributed by atoms with Crippen molar-refractivity contribution in [1.82, 2.24) is 15.5 Å². The van der Waals surface area contributed by atoms with Gasteiger partial charge in [0, 0.05) is 31.7 Å². The molecular formula is C16H33IN4O. The molecule has 1 aliphatic heterocycles. The van der Waals surface area contributed by atoms with E-state index in [9.17, 15) is 0 Å². The Morgan fingerprint density at radius 1 is 1.27 bits per heavy atom. The van der Waals surface area contributed by atoms with E-state index in [0.717, 1.165) is 45.4 Å². The standard InChI is InChI=1S/C16H32N4O.HI/c1-4-17-16(19-14-5-6-14)18-12-15(11-13(2)3)20-7-9-21-10-8-20;/h13-15H,4-12H2,1-3H3,(H2,17,18,19);1H. The van der Waals surface area contributed by atoms with E-state index in [1.807, 2.05) is 0 Å². The van der Waals surface area contributed by atoms with Crippen LogP contribution in [0.5, 0.6) is 0 Å². The molecule has 1 atom stereocenters. The lowest BCUT2D eigenvalue weighted by Crippen LogP contribution is -2.46. The highest BCUT2D eigenvalue weighted by atomic mass is 127. The van der Waals surface area contributed by atoms with Crippen molar-refractivity contribution in [2.75, 3.05) is 39.4 Å². The molecule has 1 saturated heterocycles. The molecule has 0 bridgehead atoms. The van der Waals surface area contributed by atoms with Crippen LogP contribution >= 0.6 is 24.0 Å². The lowest BCUT2D eigenvalue weighted by Gasteiger charge is -2.34. The highest BCUT2D eigenvalue weighted by Crippen LogP contribution is 2.18. The van der Waals surface area contributed by atoms with Crippen molar-refractivity contribution in [3.05, 3.63) is 0 Å². The molecule has 130 valence electrons. The minimum Gasteiger partial charge on any atom is -0.379 e. The minimum atomic E-state index is 0. The first-order chi connectivity index (χ1) is 10.2. The van der Waals surface area contributed by atoms with Crippen molar-refractivity contribution in [1.29, 1.82) is 0 Å². The number of halogens is 1. The second kappa shape index (κ2) is 10.6. The van der Waals surface area contributed by atoms with E-state index in [1.54, 1.807) is 0 Å². The number of nitrogens with zero attached hydrogens (tertiary/aromatic N) is 2. The molecule has 0 aromatic heterocycles. The van der Waals surface area contributed by atoms with Gasteiger partial charge >= 0.3 is 0 Å². The number of ether oxygens (including phenoxy) is 1. The molecule has 6 heteroatoms. The number of guanidine groups is 1. The quantitative estimate of drug-likeness (QED) is 0.373. The zero-order chi connectivity index (χ0) is 15.1. The SMILES string of the molecule is CCNC(=NCC(CC(C)C)N1CCOCC1)NC1CC1.I. The maximum atomic E-state index is 5.48. The van der Waals surface area contributed by atoms with Gasteiger partial charge in [0.15, 0.2) is 5.96 Å². The van der Waals surface area contributed by atoms with Gasteiger partial charge in [0.25, 0.3) is 0 Å². The van der Waals surface area contributed by atoms with Crippen LogP contribution in [0, 0.1) is 5.92 Å². The van der Waals surface area contributed by atoms with E-state index in [2.05, 4.69) is 36.3 Å². The molecule has 2 aliphatic rings. The molecule has 0 radical (unpaired) electrons. The summed E-state index contributed by atoms with van der Waals surface area (Å²) in [6.07, 6.45) is 3.76. The molecule has 1 aliphatic carbocycles. The maximum Gasteiger partial charge on any atom is 0.191 e. The summed E-state index contributed by atoms with van der Waals surface area (Å²) < 4.78 is 5.48. The van der Waals surface area contributed by atoms with Crippen molar-refractivity contribution in [2.24, 2.45) is 10.9 Å². The smallest absolute Gasteiger partial charge is 0.191 e. The molecule has 0 aromatic carbocycles. The summed E-state index contributed by atoms with van der Waals surface area (Å²) in [5, 5.41) is 6.86. The van der Waals surface area contributed by atoms with Crippen LogP contribution in [0.1, 0.15) is 40.0 Å². The molecule has 2 fully saturated rings. The Morgan fingerprint density at radius 3 is 2.50 bits per heavy atom. The van der Waals surface area contributed by atoms with Crippen LogP contribution in [0.3, 0.4) is 0 Å². The first kappa shape index (κ1) is 20.0. The fourth-order valence-electron chi connectivity index (χ4n) is 2.76. The number of hydrogen-bond donors (Lipinski definition) is 2. The van der Waals surface area contributed by atoms with Crippen molar-refractivity contribution < 1.29 is 4.74 Å². The van der Waals surface area contributed by atoms with Crippen molar-refractivity contribution in [3.8, 4) is 0 Å². The predicted octanol–water partition coefficient (Wildman–Crippen LogP) is 2.07. The van der Waals surface area contributed by atoms with E-state index in [0.29, 0.717) is 18.0 Å². The van der Waals surface area contributed by atoms with Gasteiger partial charge in [-0.25, -0.2) is 0 Å². The summed E-state index contributed by atoms with van der Waals surface area (Å²) in [5.74, 6) is 1.69. The van der Waals surface area contributed by atoms with Crippen LogP contribution in [0.4, 0.5) is 0 Å². The third kappa shape index (κ3) is 7.46. The van der Waals surface area contributed by atoms with E-state index < -0.39 is 0 Å². The Hall–Kier alpha value is -0.0800. The number of rotatable bonds is 7. The number of aliphatic imine (C=N–C) groups is 1. The summed E-state index contributed by atoms with van der Waals surface area (Å²) in [6, 6.07) is 1.18. The van der Waals surface area contributed by atoms with Crippen LogP contribution in [0.2, 0.25) is 0 Å². The van der Waals surface area contributed by atoms with Crippen LogP contribution in [0.15, 0.2) is 4.99 Å². The molecule has 1 unspecified atom stereocenters. The van der Waals surface area contributed by atoms with Crippen LogP contribution < -0.4 is 10.6 Å². The van der Waals surface area contributed by atoms with Crippen molar-refractivity contribution in [2.45, 2.75) is 52.1 Å². The van der Waals surface area contributed by atoms with Gasteiger partial charge in [0.2, 0.25) is 0 Å². The normalized spacial score (nSPS) is 21.4. The molecule has 22 heavy (non-hydrogen) atoms. The Bertz CT molecular complexity index is 328. The summed E-state index contributed by atoms with van der Waals surface area (Å²) in [6.45, 7) is 12.3. The van der Waals surface area contributed by atoms with E-state index in [1.165, 1.54) is 19.3 Å². The van der Waals surface area contributed by atoms with Gasteiger partial charge in [-0.15, -0.1) is 24.0 Å². The molecule has 0 aromatic rings. The summed E-state index contributed by atoms with van der Waals surface area (Å²) in [4.78, 5) is 7.38. The summed E-state index contributed by atoms with van der Waals surface area (Å²) in [7, 11) is 0. The van der Waals surface area contributed by atoms with Gasteiger partial charge in [-0.3, -0.25) is 9.89 Å². The van der Waals surface area contributed by atoms with Crippen molar-refractivity contribution >= 4 is 29.9 Å². The molecule has 0 amide bonds. The number of nitrogens with one attached hydrogen (secondary N) is 2. The Labute approximate surface area is 152 Å². The average molecular weight is 424 g/mol. The van der Waals surface area contributed by atoms with Crippen LogP contribution in [0.25, 0.3) is 0 Å². The highest BCUT2D eigenvalue weighted by Gasteiger charge is 2.24. The lowest BCUT2D eigenvalue weighted by atomic mass is 10.0. The fraction of sp³-hybridized carbons (Fsp3) is 0.938. The molecule has 2 rings (SSSR count). The zero-order valence-electron chi connectivity index (χ0n) is 14.3. The highest BCUT2D eigenvalue weighted by molar-refractivity contribution is 14.0. The Kier molecular flexibility index (Phi) is 9.66. The topological polar surface area (TPSA) is 48.9 Å². The molecule has 1 heterocycles. The Morgan fingerprint density at radius 2 is 1.95 bits per heavy atom. The van der Waals surface area contributed by atoms with Crippen molar-refractivity contribution in [3.63, 3.8) is 0 Å². The van der Waals surface area contributed by atoms with E-state index >= 15 is 0 Å². The maximum absolute atomic E-state index is 5.48. The third-order valence-corrected chi connectivity index (χ3v) is 4.03. The number of hydrogen-bond acceptors (Lipinski definition) is 3. The average Bonchev–Trinajstić information content (AvgIpc) is 3.28. The second-order valence-corrected chi connectivity index (χ2v) is 6.57. The van der Waals surface area contributed by atoms with Gasteiger partial charge in [-0.1, -0.05) is 13.8 Å². The fourth-order valence-corrected chi connectivity index (χ4v) is 2.76. The van der Waals surface area contributed by atoms with Gasteiger partial charge in [-0.05, 0) is 32.1 Å². The first-order valence-electron chi connectivity index (χ1n) is 8.55. The van der Waals surface area contributed by atoms with Crippen LogP contribution in [-0.4, -0.2) is 62.3 Å². The van der Waals surface area contributed by atoms with Gasteiger partial charge in [0.1, 0.15) is 0 Å². The lowest BCUT2D eigenvalue weighted by molar-refractivity contribution is 0.0143. The zero-order valence-corrected chi connectivity index (χ0v) is 16.6. The molecule has 5 nitrogen and oxygen atoms in total. The van der Waals surface area contributed by atoms with Gasteiger partial charge < -0.3 is 15.4 Å². The second-order valence-electron chi connectivity index (χ2n) is 6.57. The molecule has 0 spiro atoms. The molecule has 1 saturated carbocycles.